The Morgan fingerprint density at radius 3 is 2.23 bits per heavy atom. The van der Waals surface area contributed by atoms with Gasteiger partial charge in [0, 0.05) is 11.1 Å². The fourth-order valence-electron chi connectivity index (χ4n) is 0.740. The van der Waals surface area contributed by atoms with Crippen molar-refractivity contribution in [2.24, 2.45) is 17.6 Å². The van der Waals surface area contributed by atoms with Gasteiger partial charge in [-0.1, -0.05) is 31.5 Å². The predicted octanol–water partition coefficient (Wildman–Crippen LogP) is 1.81. The van der Waals surface area contributed by atoms with E-state index < -0.39 is 11.9 Å². The SMILES string of the molecule is CC(C)[C@H](N)/C(Cl)=C/[C@@H](C)C(=O)O. The molecule has 0 heterocycles. The summed E-state index contributed by atoms with van der Waals surface area (Å²) in [7, 11) is 0. The van der Waals surface area contributed by atoms with Crippen LogP contribution in [0.5, 0.6) is 0 Å². The van der Waals surface area contributed by atoms with E-state index in [1.807, 2.05) is 13.8 Å². The van der Waals surface area contributed by atoms with Crippen molar-refractivity contribution < 1.29 is 9.90 Å². The molecule has 0 unspecified atom stereocenters. The summed E-state index contributed by atoms with van der Waals surface area (Å²) in [6, 6.07) is -0.275. The third-order valence-electron chi connectivity index (χ3n) is 1.84. The fraction of sp³-hybridized carbons (Fsp3) is 0.667. The average Bonchev–Trinajstić information content (AvgIpc) is 2.02. The number of hydrogen-bond donors (Lipinski definition) is 2. The van der Waals surface area contributed by atoms with Crippen LogP contribution >= 0.6 is 11.6 Å². The van der Waals surface area contributed by atoms with E-state index in [0.717, 1.165) is 0 Å². The van der Waals surface area contributed by atoms with Crippen LogP contribution in [0.3, 0.4) is 0 Å². The number of carboxylic acid groups (broad SMARTS) is 1. The van der Waals surface area contributed by atoms with Crippen LogP contribution in [-0.4, -0.2) is 17.1 Å². The van der Waals surface area contributed by atoms with E-state index in [9.17, 15) is 4.79 Å². The lowest BCUT2D eigenvalue weighted by atomic mass is 10.0. The van der Waals surface area contributed by atoms with Crippen molar-refractivity contribution in [3.63, 3.8) is 0 Å². The molecule has 0 fully saturated rings. The highest BCUT2D eigenvalue weighted by Gasteiger charge is 2.14. The van der Waals surface area contributed by atoms with Crippen molar-refractivity contribution in [1.82, 2.24) is 0 Å². The highest BCUT2D eigenvalue weighted by molar-refractivity contribution is 6.30. The van der Waals surface area contributed by atoms with Gasteiger partial charge in [0.2, 0.25) is 0 Å². The lowest BCUT2D eigenvalue weighted by Crippen LogP contribution is -2.27. The molecule has 0 aromatic rings. The van der Waals surface area contributed by atoms with Crippen molar-refractivity contribution in [2.45, 2.75) is 26.8 Å². The third-order valence-corrected chi connectivity index (χ3v) is 2.21. The Morgan fingerprint density at radius 1 is 1.46 bits per heavy atom. The number of carboxylic acids is 1. The maximum absolute atomic E-state index is 10.5. The van der Waals surface area contributed by atoms with Crippen molar-refractivity contribution >= 4 is 17.6 Å². The molecule has 0 aromatic heterocycles. The zero-order valence-corrected chi connectivity index (χ0v) is 8.88. The molecular formula is C9H16ClNO2. The second-order valence-corrected chi connectivity index (χ2v) is 3.88. The highest BCUT2D eigenvalue weighted by atomic mass is 35.5. The summed E-state index contributed by atoms with van der Waals surface area (Å²) in [5.74, 6) is -1.27. The van der Waals surface area contributed by atoms with Gasteiger partial charge >= 0.3 is 5.97 Å². The molecule has 2 atom stereocenters. The molecule has 13 heavy (non-hydrogen) atoms. The summed E-state index contributed by atoms with van der Waals surface area (Å²) in [5, 5.41) is 9.03. The molecule has 0 aliphatic carbocycles. The second-order valence-electron chi connectivity index (χ2n) is 3.45. The topological polar surface area (TPSA) is 63.3 Å². The standard InChI is InChI=1S/C9H16ClNO2/c1-5(2)8(11)7(10)4-6(3)9(12)13/h4-6,8H,11H2,1-3H3,(H,12,13)/b7-4-/t6-,8+/m1/s1. The van der Waals surface area contributed by atoms with Crippen molar-refractivity contribution in [1.29, 1.82) is 0 Å². The molecule has 0 aromatic carbocycles. The minimum Gasteiger partial charge on any atom is -0.481 e. The molecule has 0 aliphatic rings. The van der Waals surface area contributed by atoms with Crippen molar-refractivity contribution in [2.75, 3.05) is 0 Å². The van der Waals surface area contributed by atoms with Crippen LogP contribution in [0.15, 0.2) is 11.1 Å². The van der Waals surface area contributed by atoms with Gasteiger partial charge in [-0.05, 0) is 12.8 Å². The first kappa shape index (κ1) is 12.5. The Hall–Kier alpha value is -0.540. The van der Waals surface area contributed by atoms with Gasteiger partial charge in [0.15, 0.2) is 0 Å². The molecule has 3 nitrogen and oxygen atoms in total. The molecule has 0 amide bonds. The molecule has 0 bridgehead atoms. The van der Waals surface area contributed by atoms with Gasteiger partial charge in [0.1, 0.15) is 0 Å². The van der Waals surface area contributed by atoms with E-state index >= 15 is 0 Å². The van der Waals surface area contributed by atoms with Crippen LogP contribution < -0.4 is 5.73 Å². The summed E-state index contributed by atoms with van der Waals surface area (Å²) < 4.78 is 0. The Kier molecular flexibility index (Phi) is 5.03. The van der Waals surface area contributed by atoms with Gasteiger partial charge in [-0.2, -0.15) is 0 Å². The van der Waals surface area contributed by atoms with Gasteiger partial charge in [0.25, 0.3) is 0 Å². The molecule has 4 heteroatoms. The van der Waals surface area contributed by atoms with E-state index in [2.05, 4.69) is 0 Å². The number of nitrogens with two attached hydrogens (primary N) is 1. The van der Waals surface area contributed by atoms with E-state index in [0.29, 0.717) is 5.03 Å². The minimum absolute atomic E-state index is 0.213. The summed E-state index contributed by atoms with van der Waals surface area (Å²) in [6.45, 7) is 5.44. The molecule has 0 spiro atoms. The maximum atomic E-state index is 10.5. The summed E-state index contributed by atoms with van der Waals surface area (Å²) in [4.78, 5) is 10.5. The Morgan fingerprint density at radius 2 is 1.92 bits per heavy atom. The fourth-order valence-corrected chi connectivity index (χ4v) is 1.18. The lowest BCUT2D eigenvalue weighted by Gasteiger charge is -2.15. The predicted molar refractivity (Wildman–Crippen MR) is 53.5 cm³/mol. The zero-order valence-electron chi connectivity index (χ0n) is 8.12. The minimum atomic E-state index is -0.894. The molecule has 0 saturated carbocycles. The smallest absolute Gasteiger partial charge is 0.310 e. The maximum Gasteiger partial charge on any atom is 0.310 e. The van der Waals surface area contributed by atoms with Crippen LogP contribution in [0, 0.1) is 11.8 Å². The zero-order chi connectivity index (χ0) is 10.6. The van der Waals surface area contributed by atoms with E-state index in [4.69, 9.17) is 22.4 Å². The first-order valence-corrected chi connectivity index (χ1v) is 4.59. The first-order valence-electron chi connectivity index (χ1n) is 4.21. The molecule has 3 N–H and O–H groups in total. The number of aliphatic carboxylic acids is 1. The van der Waals surface area contributed by atoms with E-state index in [-0.39, 0.29) is 12.0 Å². The van der Waals surface area contributed by atoms with E-state index in [1.54, 1.807) is 6.92 Å². The van der Waals surface area contributed by atoms with Crippen LogP contribution in [0.4, 0.5) is 0 Å². The van der Waals surface area contributed by atoms with Crippen LogP contribution in [0.1, 0.15) is 20.8 Å². The Bertz CT molecular complexity index is 214. The number of hydrogen-bond acceptors (Lipinski definition) is 2. The number of rotatable bonds is 4. The van der Waals surface area contributed by atoms with Crippen LogP contribution in [0.2, 0.25) is 0 Å². The third kappa shape index (κ3) is 4.29. The quantitative estimate of drug-likeness (QED) is 0.736. The molecule has 0 saturated heterocycles. The van der Waals surface area contributed by atoms with Gasteiger partial charge < -0.3 is 10.8 Å². The van der Waals surface area contributed by atoms with Gasteiger partial charge in [0.05, 0.1) is 5.92 Å². The van der Waals surface area contributed by atoms with E-state index in [1.165, 1.54) is 6.08 Å². The normalized spacial score (nSPS) is 17.2. The van der Waals surface area contributed by atoms with Crippen molar-refractivity contribution in [3.8, 4) is 0 Å². The van der Waals surface area contributed by atoms with Crippen molar-refractivity contribution in [3.05, 3.63) is 11.1 Å². The molecule has 0 aliphatic heterocycles. The summed E-state index contributed by atoms with van der Waals surface area (Å²) >= 11 is 5.84. The largest absolute Gasteiger partial charge is 0.481 e. The second kappa shape index (κ2) is 5.25. The van der Waals surface area contributed by atoms with Gasteiger partial charge in [-0.3, -0.25) is 4.79 Å². The van der Waals surface area contributed by atoms with Crippen LogP contribution in [-0.2, 0) is 4.79 Å². The molecule has 76 valence electrons. The molecule has 0 rings (SSSR count). The highest BCUT2D eigenvalue weighted by Crippen LogP contribution is 2.16. The summed E-state index contributed by atoms with van der Waals surface area (Å²) in [5.41, 5.74) is 5.72. The monoisotopic (exact) mass is 205 g/mol. The Balaban J connectivity index is 4.39. The number of carbonyl (C=O) groups is 1. The van der Waals surface area contributed by atoms with Crippen LogP contribution in [0.25, 0.3) is 0 Å². The van der Waals surface area contributed by atoms with Gasteiger partial charge in [-0.25, -0.2) is 0 Å². The Labute approximate surface area is 83.6 Å². The van der Waals surface area contributed by atoms with Gasteiger partial charge in [-0.15, -0.1) is 0 Å². The lowest BCUT2D eigenvalue weighted by molar-refractivity contribution is -0.139. The average molecular weight is 206 g/mol. The number of halogens is 1. The summed E-state index contributed by atoms with van der Waals surface area (Å²) in [6.07, 6.45) is 1.48. The first-order chi connectivity index (χ1) is 5.86. The molecular weight excluding hydrogens is 190 g/mol. The molecule has 0 radical (unpaired) electrons.